The summed E-state index contributed by atoms with van der Waals surface area (Å²) >= 11 is 0. The third kappa shape index (κ3) is 4.04. The standard InChI is InChI=1S/C21H23N9O/c1-4-29(5-2)15-6-7-16(14(3)10-15)25-19-17(11-23-13-31)27-30-21(19)26-20(28-30)18-12-22-8-9-24-18/h6-10,12-13H,4-5,11H2,1-3H3,(H,23,31). The number of aryl methyl sites for hydroxylation is 1. The molecule has 158 valence electrons. The molecule has 0 atom stereocenters. The van der Waals surface area contributed by atoms with E-state index in [1.165, 1.54) is 4.79 Å². The predicted molar refractivity (Wildman–Crippen MR) is 119 cm³/mol. The van der Waals surface area contributed by atoms with Crippen molar-refractivity contribution < 1.29 is 4.79 Å². The Kier molecular flexibility index (Phi) is 5.78. The Morgan fingerprint density at radius 1 is 1.23 bits per heavy atom. The Balaban J connectivity index is 1.74. The van der Waals surface area contributed by atoms with Crippen molar-refractivity contribution in [3.8, 4) is 11.5 Å². The van der Waals surface area contributed by atoms with Crippen molar-refractivity contribution in [2.45, 2.75) is 20.8 Å². The van der Waals surface area contributed by atoms with E-state index >= 15 is 0 Å². The molecule has 31 heavy (non-hydrogen) atoms. The Labute approximate surface area is 179 Å². The van der Waals surface area contributed by atoms with Crippen LogP contribution in [0.2, 0.25) is 0 Å². The monoisotopic (exact) mass is 417 g/mol. The molecule has 4 rings (SSSR count). The summed E-state index contributed by atoms with van der Waals surface area (Å²) in [5.41, 5.74) is 4.69. The minimum atomic E-state index is 0.227. The van der Waals surface area contributed by atoms with E-state index in [1.807, 2.05) is 13.0 Å². The fourth-order valence-corrected chi connectivity index (χ4v) is 3.38. The zero-order chi connectivity index (χ0) is 21.8. The highest BCUT2D eigenvalue weighted by molar-refractivity contribution is 6.50. The number of nitrogens with one attached hydrogen (secondary N) is 1. The second kappa shape index (κ2) is 8.82. The Morgan fingerprint density at radius 2 is 2.06 bits per heavy atom. The Hall–Kier alpha value is -3.95. The van der Waals surface area contributed by atoms with E-state index in [4.69, 9.17) is 4.99 Å². The summed E-state index contributed by atoms with van der Waals surface area (Å²) in [7, 11) is 0. The minimum absolute atomic E-state index is 0.227. The highest BCUT2D eigenvalue weighted by atomic mass is 16.1. The second-order valence-corrected chi connectivity index (χ2v) is 6.89. The number of anilines is 1. The number of benzene rings is 1. The van der Waals surface area contributed by atoms with Gasteiger partial charge < -0.3 is 10.2 Å². The van der Waals surface area contributed by atoms with E-state index in [2.05, 4.69) is 61.3 Å². The van der Waals surface area contributed by atoms with Crippen LogP contribution in [0.25, 0.3) is 11.5 Å². The summed E-state index contributed by atoms with van der Waals surface area (Å²) in [5.74, 6) is 0.908. The maximum atomic E-state index is 10.8. The Morgan fingerprint density at radius 3 is 2.74 bits per heavy atom. The average molecular weight is 417 g/mol. The van der Waals surface area contributed by atoms with Gasteiger partial charge in [-0.2, -0.15) is 0 Å². The maximum Gasteiger partial charge on any atom is 0.207 e. The number of amides is 1. The van der Waals surface area contributed by atoms with E-state index in [9.17, 15) is 4.79 Å². The molecular weight excluding hydrogens is 394 g/mol. The molecule has 1 N–H and O–H groups in total. The van der Waals surface area contributed by atoms with Crippen LogP contribution >= 0.6 is 0 Å². The van der Waals surface area contributed by atoms with Crippen LogP contribution in [0.1, 0.15) is 25.2 Å². The second-order valence-electron chi connectivity index (χ2n) is 6.89. The summed E-state index contributed by atoms with van der Waals surface area (Å²) in [4.78, 5) is 32.3. The summed E-state index contributed by atoms with van der Waals surface area (Å²) in [5, 5.41) is 11.5. The molecule has 0 bridgehead atoms. The summed E-state index contributed by atoms with van der Waals surface area (Å²) in [6.45, 7) is 8.39. The molecule has 1 aromatic carbocycles. The van der Waals surface area contributed by atoms with Gasteiger partial charge in [0.15, 0.2) is 0 Å². The van der Waals surface area contributed by atoms with E-state index in [-0.39, 0.29) is 6.54 Å². The van der Waals surface area contributed by atoms with Gasteiger partial charge in [0, 0.05) is 31.2 Å². The predicted octanol–water partition coefficient (Wildman–Crippen LogP) is 1.97. The van der Waals surface area contributed by atoms with Crippen LogP contribution in [0.5, 0.6) is 0 Å². The van der Waals surface area contributed by atoms with Gasteiger partial charge in [0.05, 0.1) is 18.4 Å². The fraction of sp³-hybridized carbons (Fsp3) is 0.286. The van der Waals surface area contributed by atoms with E-state index < -0.39 is 0 Å². The van der Waals surface area contributed by atoms with Crippen LogP contribution in [0.15, 0.2) is 46.9 Å². The van der Waals surface area contributed by atoms with Gasteiger partial charge in [-0.25, -0.2) is 15.0 Å². The van der Waals surface area contributed by atoms with Gasteiger partial charge in [-0.1, -0.05) is 0 Å². The molecule has 0 fully saturated rings. The number of carbonyl (C=O) groups is 1. The molecule has 10 heteroatoms. The molecule has 0 aliphatic carbocycles. The molecule has 0 saturated heterocycles. The smallest absolute Gasteiger partial charge is 0.207 e. The van der Waals surface area contributed by atoms with Crippen molar-refractivity contribution in [2.75, 3.05) is 24.5 Å². The van der Waals surface area contributed by atoms with E-state index in [0.717, 1.165) is 30.0 Å². The van der Waals surface area contributed by atoms with Crippen molar-refractivity contribution in [3.05, 3.63) is 48.2 Å². The number of aromatic nitrogens is 5. The number of carbonyl (C=O) groups excluding carboxylic acids is 1. The minimum Gasteiger partial charge on any atom is -0.372 e. The third-order valence-corrected chi connectivity index (χ3v) is 4.98. The van der Waals surface area contributed by atoms with Gasteiger partial charge in [-0.3, -0.25) is 9.78 Å². The molecule has 0 unspecified atom stereocenters. The lowest BCUT2D eigenvalue weighted by molar-refractivity contribution is -0.109. The van der Waals surface area contributed by atoms with E-state index in [0.29, 0.717) is 35.2 Å². The number of hydrogen-bond acceptors (Lipinski definition) is 8. The Bertz CT molecular complexity index is 1150. The molecule has 2 aromatic heterocycles. The quantitative estimate of drug-likeness (QED) is 0.561. The van der Waals surface area contributed by atoms with Gasteiger partial charge in [-0.15, -0.1) is 15.0 Å². The normalized spacial score (nSPS) is 13.8. The summed E-state index contributed by atoms with van der Waals surface area (Å²) < 4.78 is 0. The number of fused-ring (bicyclic) bond motifs is 1. The van der Waals surface area contributed by atoms with Gasteiger partial charge >= 0.3 is 0 Å². The lowest BCUT2D eigenvalue weighted by Gasteiger charge is -2.21. The van der Waals surface area contributed by atoms with Crippen molar-refractivity contribution >= 4 is 29.2 Å². The molecule has 0 saturated carbocycles. The van der Waals surface area contributed by atoms with Crippen LogP contribution in [-0.2, 0) is 4.79 Å². The largest absolute Gasteiger partial charge is 0.372 e. The van der Waals surface area contributed by atoms with Crippen molar-refractivity contribution in [1.29, 1.82) is 0 Å². The maximum absolute atomic E-state index is 10.8. The summed E-state index contributed by atoms with van der Waals surface area (Å²) in [6.07, 6.45) is 5.40. The van der Waals surface area contributed by atoms with Gasteiger partial charge in [0.1, 0.15) is 17.1 Å². The van der Waals surface area contributed by atoms with Crippen LogP contribution in [0, 0.1) is 6.92 Å². The van der Waals surface area contributed by atoms with E-state index in [1.54, 1.807) is 18.6 Å². The highest BCUT2D eigenvalue weighted by Gasteiger charge is 2.28. The van der Waals surface area contributed by atoms with Gasteiger partial charge in [0.2, 0.25) is 18.1 Å². The molecule has 1 aliphatic rings. The van der Waals surface area contributed by atoms with Crippen LogP contribution < -0.4 is 10.2 Å². The zero-order valence-electron chi connectivity index (χ0n) is 17.6. The number of hydrogen-bond donors (Lipinski definition) is 1. The zero-order valence-corrected chi connectivity index (χ0v) is 17.6. The highest BCUT2D eigenvalue weighted by Crippen LogP contribution is 2.27. The summed E-state index contributed by atoms with van der Waals surface area (Å²) in [6, 6.07) is 6.17. The lowest BCUT2D eigenvalue weighted by atomic mass is 10.1. The van der Waals surface area contributed by atoms with Crippen molar-refractivity contribution in [3.63, 3.8) is 0 Å². The first-order valence-electron chi connectivity index (χ1n) is 10.1. The molecule has 1 amide bonds. The van der Waals surface area contributed by atoms with Gasteiger partial charge in [-0.05, 0) is 44.5 Å². The van der Waals surface area contributed by atoms with Crippen molar-refractivity contribution in [2.24, 2.45) is 10.1 Å². The molecule has 0 spiro atoms. The first-order chi connectivity index (χ1) is 15.1. The molecule has 3 heterocycles. The molecule has 1 aliphatic heterocycles. The average Bonchev–Trinajstić information content (AvgIpc) is 3.34. The van der Waals surface area contributed by atoms with Crippen molar-refractivity contribution in [1.82, 2.24) is 30.2 Å². The lowest BCUT2D eigenvalue weighted by Crippen LogP contribution is -2.26. The number of nitrogens with zero attached hydrogens (tertiary/aromatic N) is 8. The third-order valence-electron chi connectivity index (χ3n) is 4.98. The number of aliphatic imine (C=N–C) groups is 1. The molecule has 10 nitrogen and oxygen atoms in total. The topological polar surface area (TPSA) is 114 Å². The first kappa shape index (κ1) is 20.3. The van der Waals surface area contributed by atoms with Gasteiger partial charge in [0.25, 0.3) is 0 Å². The first-order valence-corrected chi connectivity index (χ1v) is 10.1. The van der Waals surface area contributed by atoms with Crippen LogP contribution in [0.4, 0.5) is 11.4 Å². The molecule has 0 radical (unpaired) electrons. The molecular formula is C21H23N9O. The number of rotatable bonds is 8. The van der Waals surface area contributed by atoms with Crippen LogP contribution in [0.3, 0.4) is 0 Å². The molecule has 3 aromatic rings. The fourth-order valence-electron chi connectivity index (χ4n) is 3.38. The SMILES string of the molecule is CCN(CC)c1ccc(N=C2C(CNC=O)=Nn3nc(-c4cnccn4)nc32)c(C)c1. The van der Waals surface area contributed by atoms with Crippen LogP contribution in [-0.4, -0.2) is 62.3 Å².